The average molecular weight is 507 g/mol. The molecule has 0 bridgehead atoms. The summed E-state index contributed by atoms with van der Waals surface area (Å²) in [6.45, 7) is 1.54. The predicted octanol–water partition coefficient (Wildman–Crippen LogP) is 3.80. The van der Waals surface area contributed by atoms with E-state index in [9.17, 15) is 26.8 Å². The fourth-order valence-corrected chi connectivity index (χ4v) is 4.75. The van der Waals surface area contributed by atoms with E-state index in [-0.39, 0.29) is 28.3 Å². The van der Waals surface area contributed by atoms with E-state index in [4.69, 9.17) is 0 Å². The van der Waals surface area contributed by atoms with Crippen LogP contribution in [0.15, 0.2) is 52.3 Å². The minimum atomic E-state index is -3.75. The molecule has 0 fully saturated rings. The second kappa shape index (κ2) is 8.22. The lowest BCUT2D eigenvalue weighted by Gasteiger charge is -2.25. The average Bonchev–Trinajstić information content (AvgIpc) is 2.97. The lowest BCUT2D eigenvalue weighted by atomic mass is 9.85. The first-order valence-corrected chi connectivity index (χ1v) is 11.8. The Hall–Kier alpha value is -3.67. The van der Waals surface area contributed by atoms with Crippen molar-refractivity contribution in [3.05, 3.63) is 64.8 Å². The molecular weight excluding hydrogens is 487 g/mol. The first-order chi connectivity index (χ1) is 16.2. The van der Waals surface area contributed by atoms with Crippen LogP contribution in [0.5, 0.6) is 5.75 Å². The van der Waals surface area contributed by atoms with Crippen LogP contribution < -0.4 is 15.0 Å². The third-order valence-electron chi connectivity index (χ3n) is 5.70. The van der Waals surface area contributed by atoms with Gasteiger partial charge in [0.15, 0.2) is 0 Å². The molecule has 0 radical (unpaired) electrons. The molecule has 35 heavy (non-hydrogen) atoms. The fraction of sp³-hybridized carbons (Fsp3) is 0.261. The number of halogens is 3. The maximum Gasteiger partial charge on any atom is 0.387 e. The highest BCUT2D eigenvalue weighted by atomic mass is 32.2. The minimum Gasteiger partial charge on any atom is -0.435 e. The van der Waals surface area contributed by atoms with E-state index in [1.54, 1.807) is 13.8 Å². The fourth-order valence-electron chi connectivity index (χ4n) is 3.85. The van der Waals surface area contributed by atoms with Gasteiger partial charge in [0.25, 0.3) is 15.9 Å². The number of carbonyl (C=O) groups excluding carboxylic acids is 2. The van der Waals surface area contributed by atoms with Crippen LogP contribution in [0.1, 0.15) is 36.7 Å². The van der Waals surface area contributed by atoms with E-state index in [0.29, 0.717) is 0 Å². The number of sulfonamides is 1. The summed E-state index contributed by atoms with van der Waals surface area (Å²) in [4.78, 5) is 27.2. The van der Waals surface area contributed by atoms with E-state index in [2.05, 4.69) is 14.5 Å². The summed E-state index contributed by atoms with van der Waals surface area (Å²) in [5, 5.41) is 3.43. The number of hydrogen-bond acceptors (Lipinski definition) is 5. The molecule has 2 amide bonds. The summed E-state index contributed by atoms with van der Waals surface area (Å²) < 4.78 is 71.4. The normalized spacial score (nSPS) is 21.8. The van der Waals surface area contributed by atoms with Crippen LogP contribution in [0.2, 0.25) is 0 Å². The zero-order valence-electron chi connectivity index (χ0n) is 18.8. The van der Waals surface area contributed by atoms with Gasteiger partial charge in [0.2, 0.25) is 5.91 Å². The number of rotatable bonds is 5. The molecule has 0 aromatic heterocycles. The highest BCUT2D eigenvalue weighted by Gasteiger charge is 2.47. The largest absolute Gasteiger partial charge is 0.435 e. The maximum atomic E-state index is 15.4. The molecule has 2 aromatic rings. The van der Waals surface area contributed by atoms with Crippen molar-refractivity contribution in [2.75, 3.05) is 4.90 Å². The molecule has 2 aliphatic heterocycles. The molecule has 0 saturated heterocycles. The molecule has 0 saturated carbocycles. The number of alkyl halides is 2. The highest BCUT2D eigenvalue weighted by molar-refractivity contribution is 7.93. The van der Waals surface area contributed by atoms with Gasteiger partial charge in [-0.1, -0.05) is 6.07 Å². The Labute approximate surface area is 199 Å². The van der Waals surface area contributed by atoms with Crippen molar-refractivity contribution in [1.29, 1.82) is 0 Å². The van der Waals surface area contributed by atoms with Gasteiger partial charge in [0.05, 0.1) is 27.7 Å². The second-order valence-electron chi connectivity index (χ2n) is 8.78. The van der Waals surface area contributed by atoms with Crippen molar-refractivity contribution in [3.8, 4) is 5.75 Å². The van der Waals surface area contributed by atoms with Gasteiger partial charge in [-0.05, 0) is 56.7 Å². The summed E-state index contributed by atoms with van der Waals surface area (Å²) in [5.74, 6) is -2.34. The van der Waals surface area contributed by atoms with Crippen molar-refractivity contribution >= 4 is 39.4 Å². The van der Waals surface area contributed by atoms with E-state index in [1.807, 2.05) is 0 Å². The van der Waals surface area contributed by atoms with Gasteiger partial charge in [0.1, 0.15) is 11.6 Å². The summed E-state index contributed by atoms with van der Waals surface area (Å²) in [7, 11) is -3.75. The number of fused-ring (bicyclic) bond motifs is 1. The molecule has 2 aromatic carbocycles. The third-order valence-corrected chi connectivity index (χ3v) is 6.58. The van der Waals surface area contributed by atoms with Crippen molar-refractivity contribution < 1.29 is 35.9 Å². The Balaban J connectivity index is 1.72. The van der Waals surface area contributed by atoms with Gasteiger partial charge in [-0.15, -0.1) is 0 Å². The number of ether oxygens (including phenoxy) is 1. The molecule has 0 spiro atoms. The zero-order valence-corrected chi connectivity index (χ0v) is 19.6. The van der Waals surface area contributed by atoms with Crippen LogP contribution in [-0.2, 0) is 20.2 Å². The van der Waals surface area contributed by atoms with Crippen LogP contribution in [-0.4, -0.2) is 38.6 Å². The van der Waals surface area contributed by atoms with Gasteiger partial charge in [-0.2, -0.15) is 21.6 Å². The summed E-state index contributed by atoms with van der Waals surface area (Å²) in [5.41, 5.74) is -2.37. The summed E-state index contributed by atoms with van der Waals surface area (Å²) >= 11 is 0. The monoisotopic (exact) mass is 507 g/mol. The van der Waals surface area contributed by atoms with Gasteiger partial charge in [0, 0.05) is 17.8 Å². The molecule has 1 N–H and O–H groups in total. The molecule has 1 atom stereocenters. The van der Waals surface area contributed by atoms with Crippen molar-refractivity contribution in [2.45, 2.75) is 38.3 Å². The number of nitrogens with one attached hydrogen (secondary N) is 1. The van der Waals surface area contributed by atoms with E-state index < -0.39 is 45.2 Å². The predicted molar refractivity (Wildman–Crippen MR) is 122 cm³/mol. The van der Waals surface area contributed by atoms with Crippen LogP contribution in [0.25, 0.3) is 0 Å². The van der Waals surface area contributed by atoms with Gasteiger partial charge in [-0.25, -0.2) is 4.39 Å². The van der Waals surface area contributed by atoms with E-state index in [1.165, 1.54) is 43.3 Å². The zero-order chi connectivity index (χ0) is 25.8. The Morgan fingerprint density at radius 3 is 2.51 bits per heavy atom. The maximum absolute atomic E-state index is 15.4. The Morgan fingerprint density at radius 2 is 1.89 bits per heavy atom. The molecule has 4 rings (SSSR count). The van der Waals surface area contributed by atoms with Crippen LogP contribution in [0.3, 0.4) is 0 Å². The third kappa shape index (κ3) is 4.53. The molecule has 8 nitrogen and oxygen atoms in total. The highest BCUT2D eigenvalue weighted by Crippen LogP contribution is 2.47. The van der Waals surface area contributed by atoms with Crippen LogP contribution in [0.4, 0.5) is 24.5 Å². The smallest absolute Gasteiger partial charge is 0.387 e. The number of hydrogen-bond donors (Lipinski definition) is 1. The molecule has 184 valence electrons. The number of anilines is 2. The standard InChI is InChI=1S/C23H20F3N3O5S/c1-22(2)16-9-13(19(30)28-23(3)7-8-35(32,33)27-12-23)10-17(24)18(16)29(20(22)31)14-5-4-6-15(11-14)34-21(25)26/h4-12,21H,1-3H3,(H,28,30). The minimum absolute atomic E-state index is 0.102. The number of benzene rings is 2. The lowest BCUT2D eigenvalue weighted by molar-refractivity contribution is -0.121. The van der Waals surface area contributed by atoms with E-state index in [0.717, 1.165) is 22.6 Å². The van der Waals surface area contributed by atoms with Gasteiger partial charge >= 0.3 is 6.61 Å². The number of nitrogens with zero attached hydrogens (tertiary/aromatic N) is 2. The molecular formula is C23H20F3N3O5S. The topological polar surface area (TPSA) is 105 Å². The summed E-state index contributed by atoms with van der Waals surface area (Å²) in [6, 6.07) is 7.63. The van der Waals surface area contributed by atoms with Gasteiger partial charge in [-0.3, -0.25) is 14.5 Å². The lowest BCUT2D eigenvalue weighted by Crippen LogP contribution is -2.47. The SMILES string of the molecule is CC1(NC(=O)c2cc(F)c3c(c2)C(C)(C)C(=O)N3c2cccc(OC(F)F)c2)C=CS(=O)(=O)N=C1. The molecule has 12 heteroatoms. The molecule has 2 heterocycles. The molecule has 2 aliphatic rings. The Bertz CT molecular complexity index is 1380. The first-order valence-electron chi connectivity index (χ1n) is 10.3. The molecule has 1 unspecified atom stereocenters. The quantitative estimate of drug-likeness (QED) is 0.663. The number of amides is 2. The summed E-state index contributed by atoms with van der Waals surface area (Å²) in [6.07, 6.45) is 2.29. The first kappa shape index (κ1) is 24.5. The Kier molecular flexibility index (Phi) is 5.75. The van der Waals surface area contributed by atoms with Crippen molar-refractivity contribution in [2.24, 2.45) is 4.40 Å². The van der Waals surface area contributed by atoms with Crippen molar-refractivity contribution in [1.82, 2.24) is 5.32 Å². The van der Waals surface area contributed by atoms with Crippen LogP contribution >= 0.6 is 0 Å². The number of carbonyl (C=O) groups is 2. The van der Waals surface area contributed by atoms with Crippen molar-refractivity contribution in [3.63, 3.8) is 0 Å². The van der Waals surface area contributed by atoms with Gasteiger partial charge < -0.3 is 10.1 Å². The molecule has 0 aliphatic carbocycles. The second-order valence-corrected chi connectivity index (χ2v) is 10.3. The Morgan fingerprint density at radius 1 is 1.17 bits per heavy atom. The van der Waals surface area contributed by atoms with Crippen LogP contribution in [0, 0.1) is 5.82 Å². The van der Waals surface area contributed by atoms with E-state index >= 15 is 4.39 Å².